The summed E-state index contributed by atoms with van der Waals surface area (Å²) in [6, 6.07) is -0.580. The van der Waals surface area contributed by atoms with Gasteiger partial charge in [0.2, 0.25) is 11.8 Å². The van der Waals surface area contributed by atoms with E-state index in [0.717, 1.165) is 19.3 Å². The van der Waals surface area contributed by atoms with E-state index in [1.807, 2.05) is 12.2 Å². The molecule has 1 heterocycles. The molecule has 0 spiro atoms. The van der Waals surface area contributed by atoms with Crippen molar-refractivity contribution in [2.24, 2.45) is 29.4 Å². The van der Waals surface area contributed by atoms with Crippen LogP contribution in [-0.2, 0) is 14.4 Å². The molecule has 114 valence electrons. The number of amides is 2. The summed E-state index contributed by atoms with van der Waals surface area (Å²) in [6.45, 7) is 0.496. The lowest BCUT2D eigenvalue weighted by molar-refractivity contribution is -0.154. The highest BCUT2D eigenvalue weighted by Crippen LogP contribution is 2.49. The van der Waals surface area contributed by atoms with Gasteiger partial charge >= 0.3 is 5.97 Å². The van der Waals surface area contributed by atoms with Crippen molar-refractivity contribution >= 4 is 17.8 Å². The first-order valence-electron chi connectivity index (χ1n) is 7.51. The van der Waals surface area contributed by atoms with Gasteiger partial charge in [0.15, 0.2) is 0 Å². The van der Waals surface area contributed by atoms with E-state index in [0.29, 0.717) is 13.0 Å². The maximum atomic E-state index is 12.8. The Kier molecular flexibility index (Phi) is 3.47. The van der Waals surface area contributed by atoms with Gasteiger partial charge in [-0.05, 0) is 37.5 Å². The van der Waals surface area contributed by atoms with Crippen LogP contribution in [0.25, 0.3) is 0 Å². The van der Waals surface area contributed by atoms with Crippen LogP contribution in [-0.4, -0.2) is 40.4 Å². The zero-order valence-electron chi connectivity index (χ0n) is 11.8. The maximum absolute atomic E-state index is 12.8. The number of fused-ring (bicyclic) bond motifs is 2. The second kappa shape index (κ2) is 5.16. The van der Waals surface area contributed by atoms with E-state index in [1.54, 1.807) is 0 Å². The lowest BCUT2D eigenvalue weighted by Crippen LogP contribution is -2.54. The average molecular weight is 292 g/mol. The molecule has 6 nitrogen and oxygen atoms in total. The van der Waals surface area contributed by atoms with E-state index in [9.17, 15) is 19.5 Å². The van der Waals surface area contributed by atoms with Crippen molar-refractivity contribution in [2.75, 3.05) is 6.54 Å². The van der Waals surface area contributed by atoms with Crippen molar-refractivity contribution in [3.63, 3.8) is 0 Å². The highest BCUT2D eigenvalue weighted by Gasteiger charge is 2.53. The molecule has 0 aromatic carbocycles. The molecule has 3 unspecified atom stereocenters. The van der Waals surface area contributed by atoms with Gasteiger partial charge in [-0.2, -0.15) is 0 Å². The number of likely N-dealkylation sites (tertiary alicyclic amines) is 1. The van der Waals surface area contributed by atoms with E-state index in [2.05, 4.69) is 0 Å². The summed E-state index contributed by atoms with van der Waals surface area (Å²) in [6.07, 6.45) is 6.88. The third kappa shape index (κ3) is 2.22. The van der Waals surface area contributed by atoms with Crippen LogP contribution in [0.15, 0.2) is 12.2 Å². The van der Waals surface area contributed by atoms with E-state index in [1.165, 1.54) is 4.90 Å². The summed E-state index contributed by atoms with van der Waals surface area (Å²) in [7, 11) is 0. The van der Waals surface area contributed by atoms with E-state index in [-0.39, 0.29) is 17.7 Å². The SMILES string of the molecule is NC(=O)C1CCCCN1C(=O)[C@H]1C2C=CC(C2)[C@H]1C(=O)O. The van der Waals surface area contributed by atoms with E-state index < -0.39 is 29.8 Å². The predicted molar refractivity (Wildman–Crippen MR) is 73.9 cm³/mol. The first kappa shape index (κ1) is 14.1. The van der Waals surface area contributed by atoms with Crippen LogP contribution in [0.1, 0.15) is 25.7 Å². The molecular weight excluding hydrogens is 272 g/mol. The molecule has 1 saturated heterocycles. The average Bonchev–Trinajstić information content (AvgIpc) is 3.06. The van der Waals surface area contributed by atoms with Gasteiger partial charge in [-0.15, -0.1) is 0 Å². The number of aliphatic carboxylic acids is 1. The number of carbonyl (C=O) groups is 3. The Hall–Kier alpha value is -1.85. The third-order valence-electron chi connectivity index (χ3n) is 5.14. The molecule has 0 radical (unpaired) electrons. The van der Waals surface area contributed by atoms with Crippen molar-refractivity contribution < 1.29 is 19.5 Å². The van der Waals surface area contributed by atoms with Crippen molar-refractivity contribution in [3.8, 4) is 0 Å². The lowest BCUT2D eigenvalue weighted by atomic mass is 9.81. The summed E-state index contributed by atoms with van der Waals surface area (Å²) >= 11 is 0. The minimum Gasteiger partial charge on any atom is -0.481 e. The molecule has 3 aliphatic rings. The molecule has 21 heavy (non-hydrogen) atoms. The number of hydrogen-bond donors (Lipinski definition) is 2. The number of carbonyl (C=O) groups excluding carboxylic acids is 2. The largest absolute Gasteiger partial charge is 0.481 e. The van der Waals surface area contributed by atoms with Gasteiger partial charge in [0.1, 0.15) is 6.04 Å². The van der Waals surface area contributed by atoms with Gasteiger partial charge in [0.25, 0.3) is 0 Å². The van der Waals surface area contributed by atoms with Crippen LogP contribution in [0, 0.1) is 23.7 Å². The van der Waals surface area contributed by atoms with Crippen LogP contribution >= 0.6 is 0 Å². The Morgan fingerprint density at radius 1 is 1.10 bits per heavy atom. The number of nitrogens with two attached hydrogens (primary N) is 1. The highest BCUT2D eigenvalue weighted by molar-refractivity contribution is 5.91. The fraction of sp³-hybridized carbons (Fsp3) is 0.667. The monoisotopic (exact) mass is 292 g/mol. The molecule has 0 aromatic rings. The Bertz CT molecular complexity index is 516. The topological polar surface area (TPSA) is 101 Å². The van der Waals surface area contributed by atoms with Crippen molar-refractivity contribution in [2.45, 2.75) is 31.7 Å². The normalized spacial score (nSPS) is 37.7. The van der Waals surface area contributed by atoms with Crippen LogP contribution in [0.4, 0.5) is 0 Å². The number of primary amides is 1. The van der Waals surface area contributed by atoms with Crippen LogP contribution in [0.2, 0.25) is 0 Å². The summed E-state index contributed by atoms with van der Waals surface area (Å²) in [5, 5.41) is 9.43. The smallest absolute Gasteiger partial charge is 0.307 e. The van der Waals surface area contributed by atoms with Gasteiger partial charge in [0, 0.05) is 6.54 Å². The van der Waals surface area contributed by atoms with Gasteiger partial charge in [-0.3, -0.25) is 14.4 Å². The summed E-state index contributed by atoms with van der Waals surface area (Å²) < 4.78 is 0. The van der Waals surface area contributed by atoms with Crippen LogP contribution in [0.5, 0.6) is 0 Å². The Morgan fingerprint density at radius 3 is 2.38 bits per heavy atom. The Labute approximate surface area is 123 Å². The molecule has 3 N–H and O–H groups in total. The summed E-state index contributed by atoms with van der Waals surface area (Å²) in [4.78, 5) is 37.4. The summed E-state index contributed by atoms with van der Waals surface area (Å²) in [5.41, 5.74) is 5.40. The highest BCUT2D eigenvalue weighted by atomic mass is 16.4. The number of hydrogen-bond acceptors (Lipinski definition) is 3. The number of carboxylic acids is 1. The zero-order valence-corrected chi connectivity index (χ0v) is 11.8. The van der Waals surface area contributed by atoms with Crippen molar-refractivity contribution in [3.05, 3.63) is 12.2 Å². The number of allylic oxidation sites excluding steroid dienone is 2. The Balaban J connectivity index is 1.85. The minimum atomic E-state index is -0.919. The molecule has 2 bridgehead atoms. The molecule has 2 aliphatic carbocycles. The fourth-order valence-corrected chi connectivity index (χ4v) is 4.18. The molecule has 5 atom stereocenters. The van der Waals surface area contributed by atoms with Gasteiger partial charge < -0.3 is 15.7 Å². The quantitative estimate of drug-likeness (QED) is 0.734. The first-order chi connectivity index (χ1) is 10.0. The lowest BCUT2D eigenvalue weighted by Gasteiger charge is -2.37. The van der Waals surface area contributed by atoms with E-state index >= 15 is 0 Å². The molecule has 1 saturated carbocycles. The van der Waals surface area contributed by atoms with Crippen molar-refractivity contribution in [1.29, 1.82) is 0 Å². The van der Waals surface area contributed by atoms with Crippen molar-refractivity contribution in [1.82, 2.24) is 4.90 Å². The van der Waals surface area contributed by atoms with Gasteiger partial charge in [0.05, 0.1) is 11.8 Å². The van der Waals surface area contributed by atoms with Crippen LogP contribution in [0.3, 0.4) is 0 Å². The molecule has 0 aromatic heterocycles. The summed E-state index contributed by atoms with van der Waals surface area (Å²) in [5.74, 6) is -2.90. The number of rotatable bonds is 3. The fourth-order valence-electron chi connectivity index (χ4n) is 4.18. The van der Waals surface area contributed by atoms with Gasteiger partial charge in [-0.1, -0.05) is 12.2 Å². The second-order valence-corrected chi connectivity index (χ2v) is 6.28. The Morgan fingerprint density at radius 2 is 1.76 bits per heavy atom. The molecule has 3 rings (SSSR count). The van der Waals surface area contributed by atoms with Gasteiger partial charge in [-0.25, -0.2) is 0 Å². The molecule has 1 aliphatic heterocycles. The number of nitrogens with zero attached hydrogens (tertiary/aromatic N) is 1. The number of piperidine rings is 1. The number of carboxylic acid groups (broad SMARTS) is 1. The maximum Gasteiger partial charge on any atom is 0.307 e. The van der Waals surface area contributed by atoms with E-state index in [4.69, 9.17) is 5.73 Å². The second-order valence-electron chi connectivity index (χ2n) is 6.28. The first-order valence-corrected chi connectivity index (χ1v) is 7.51. The molecule has 6 heteroatoms. The third-order valence-corrected chi connectivity index (χ3v) is 5.14. The molecular formula is C15H20N2O4. The zero-order chi connectivity index (χ0) is 15.1. The predicted octanol–water partition coefficient (Wildman–Crippen LogP) is 0.376. The molecule has 2 amide bonds. The van der Waals surface area contributed by atoms with Crippen LogP contribution < -0.4 is 5.73 Å². The standard InChI is InChI=1S/C15H20N2O4/c16-13(18)10-3-1-2-6-17(10)14(19)11-8-4-5-9(7-8)12(11)15(20)21/h4-5,8-12H,1-3,6-7H2,(H2,16,18)(H,20,21)/t8?,9?,10?,11-,12+/m0/s1. The minimum absolute atomic E-state index is 0.0148. The molecule has 2 fully saturated rings.